The number of hydrogen-bond donors (Lipinski definition) is 0. The Hall–Kier alpha value is -2.47. The van der Waals surface area contributed by atoms with Crippen LogP contribution in [0.4, 0.5) is 11.4 Å². The molecule has 0 bridgehead atoms. The number of non-ortho nitro benzene ring substituents is 1. The summed E-state index contributed by atoms with van der Waals surface area (Å²) in [6.45, 7) is 5.11. The van der Waals surface area contributed by atoms with Crippen LogP contribution in [0.25, 0.3) is 11.6 Å². The maximum Gasteiger partial charge on any atom is 0.269 e. The zero-order valence-electron chi connectivity index (χ0n) is 18.6. The number of carbonyl (C=O) groups excluding carboxylic acids is 1. The van der Waals surface area contributed by atoms with Crippen molar-refractivity contribution < 1.29 is 14.5 Å². The van der Waals surface area contributed by atoms with Crippen molar-refractivity contribution in [2.24, 2.45) is 5.92 Å². The summed E-state index contributed by atoms with van der Waals surface area (Å²) < 4.78 is 7.82. The zero-order valence-corrected chi connectivity index (χ0v) is 22.9. The average Bonchev–Trinajstić information content (AvgIpc) is 3.04. The van der Waals surface area contributed by atoms with Crippen LogP contribution in [0.3, 0.4) is 0 Å². The SMILES string of the molecule is CC(C)CN1C(=O)/C(=C\c2cc(I)c(OCc3cccc([N+](=O)[O-])c3)c(I)c2)c2ccccc21. The molecule has 0 atom stereocenters. The smallest absolute Gasteiger partial charge is 0.269 e. The second-order valence-electron chi connectivity index (χ2n) is 8.41. The van der Waals surface area contributed by atoms with Crippen molar-refractivity contribution in [3.05, 3.63) is 94.6 Å². The summed E-state index contributed by atoms with van der Waals surface area (Å²) in [5, 5.41) is 11.0. The van der Waals surface area contributed by atoms with E-state index in [1.807, 2.05) is 47.4 Å². The summed E-state index contributed by atoms with van der Waals surface area (Å²) in [5.41, 5.74) is 4.28. The molecule has 1 aliphatic heterocycles. The molecule has 0 saturated carbocycles. The van der Waals surface area contributed by atoms with Crippen LogP contribution >= 0.6 is 45.2 Å². The van der Waals surface area contributed by atoms with E-state index in [4.69, 9.17) is 4.74 Å². The normalized spacial score (nSPS) is 14.1. The van der Waals surface area contributed by atoms with E-state index in [0.29, 0.717) is 18.0 Å². The van der Waals surface area contributed by atoms with E-state index in [1.165, 1.54) is 12.1 Å². The number of nitrogens with zero attached hydrogens (tertiary/aromatic N) is 2. The molecule has 3 aromatic rings. The molecule has 0 aromatic heterocycles. The monoisotopic (exact) mass is 680 g/mol. The third-order valence-electron chi connectivity index (χ3n) is 5.34. The minimum atomic E-state index is -0.413. The van der Waals surface area contributed by atoms with Crippen molar-refractivity contribution >= 4 is 74.1 Å². The van der Waals surface area contributed by atoms with Crippen LogP contribution < -0.4 is 9.64 Å². The molecule has 8 heteroatoms. The first-order valence-corrected chi connectivity index (χ1v) is 12.9. The molecular formula is C26H22I2N2O4. The molecule has 0 saturated heterocycles. The lowest BCUT2D eigenvalue weighted by atomic mass is 10.0. The van der Waals surface area contributed by atoms with E-state index in [0.717, 1.165) is 35.3 Å². The van der Waals surface area contributed by atoms with Gasteiger partial charge in [-0.25, -0.2) is 0 Å². The van der Waals surface area contributed by atoms with Crippen molar-refractivity contribution in [1.29, 1.82) is 0 Å². The van der Waals surface area contributed by atoms with Gasteiger partial charge in [0.25, 0.3) is 11.6 Å². The van der Waals surface area contributed by atoms with Gasteiger partial charge in [0, 0.05) is 29.8 Å². The predicted octanol–water partition coefficient (Wildman–Crippen LogP) is 6.93. The first kappa shape index (κ1) is 24.6. The van der Waals surface area contributed by atoms with Gasteiger partial charge in [-0.2, -0.15) is 0 Å². The highest BCUT2D eigenvalue weighted by atomic mass is 127. The highest BCUT2D eigenvalue weighted by Crippen LogP contribution is 2.39. The van der Waals surface area contributed by atoms with E-state index in [9.17, 15) is 14.9 Å². The highest BCUT2D eigenvalue weighted by Gasteiger charge is 2.32. The first-order chi connectivity index (χ1) is 16.2. The lowest BCUT2D eigenvalue weighted by molar-refractivity contribution is -0.384. The van der Waals surface area contributed by atoms with Crippen LogP contribution in [0.5, 0.6) is 5.75 Å². The lowest BCUT2D eigenvalue weighted by Crippen LogP contribution is -2.30. The molecule has 174 valence electrons. The molecule has 0 unspecified atom stereocenters. The summed E-state index contributed by atoms with van der Waals surface area (Å²) >= 11 is 4.44. The fourth-order valence-electron chi connectivity index (χ4n) is 3.88. The highest BCUT2D eigenvalue weighted by molar-refractivity contribution is 14.1. The van der Waals surface area contributed by atoms with Crippen LogP contribution in [0.15, 0.2) is 60.7 Å². The largest absolute Gasteiger partial charge is 0.487 e. The molecule has 4 rings (SSSR count). The topological polar surface area (TPSA) is 72.7 Å². The van der Waals surface area contributed by atoms with Gasteiger partial charge in [0.05, 0.1) is 17.8 Å². The Kier molecular flexibility index (Phi) is 7.56. The van der Waals surface area contributed by atoms with E-state index >= 15 is 0 Å². The van der Waals surface area contributed by atoms with Crippen LogP contribution in [-0.4, -0.2) is 17.4 Å². The maximum absolute atomic E-state index is 13.3. The summed E-state index contributed by atoms with van der Waals surface area (Å²) in [4.78, 5) is 25.7. The number of nitro benzene ring substituents is 1. The van der Waals surface area contributed by atoms with Crippen LogP contribution in [-0.2, 0) is 11.4 Å². The number of halogens is 2. The summed E-state index contributed by atoms with van der Waals surface area (Å²) in [6, 6.07) is 18.3. The zero-order chi connectivity index (χ0) is 24.4. The standard InChI is InChI=1S/C26H22I2N2O4/c1-16(2)14-29-24-9-4-3-8-20(24)21(26(29)31)11-18-12-22(27)25(23(28)13-18)34-15-17-6-5-7-19(10-17)30(32)33/h3-13,16H,14-15H2,1-2H3/b21-11-. The van der Waals surface area contributed by atoms with Gasteiger partial charge < -0.3 is 9.64 Å². The Morgan fingerprint density at radius 1 is 1.06 bits per heavy atom. The van der Waals surface area contributed by atoms with Crippen LogP contribution in [0, 0.1) is 23.2 Å². The Balaban J connectivity index is 1.60. The number of hydrogen-bond acceptors (Lipinski definition) is 4. The number of ether oxygens (including phenoxy) is 1. The minimum absolute atomic E-state index is 0.0194. The number of amides is 1. The molecule has 1 heterocycles. The molecule has 0 radical (unpaired) electrons. The number of fused-ring (bicyclic) bond motifs is 1. The number of benzene rings is 3. The molecule has 0 N–H and O–H groups in total. The lowest BCUT2D eigenvalue weighted by Gasteiger charge is -2.19. The van der Waals surface area contributed by atoms with E-state index in [2.05, 4.69) is 59.0 Å². The Labute approximate surface area is 225 Å². The van der Waals surface area contributed by atoms with Crippen molar-refractivity contribution in [1.82, 2.24) is 0 Å². The summed E-state index contributed by atoms with van der Waals surface area (Å²) in [5.74, 6) is 1.10. The van der Waals surface area contributed by atoms with Gasteiger partial charge in [-0.3, -0.25) is 14.9 Å². The second kappa shape index (κ2) is 10.4. The van der Waals surface area contributed by atoms with Gasteiger partial charge in [0.2, 0.25) is 0 Å². The van der Waals surface area contributed by atoms with E-state index in [1.54, 1.807) is 12.1 Å². The summed E-state index contributed by atoms with van der Waals surface area (Å²) in [7, 11) is 0. The van der Waals surface area contributed by atoms with Gasteiger partial charge in [-0.05, 0) is 86.5 Å². The Morgan fingerprint density at radius 3 is 2.44 bits per heavy atom. The average molecular weight is 680 g/mol. The Morgan fingerprint density at radius 2 is 1.76 bits per heavy atom. The number of rotatable bonds is 7. The molecular weight excluding hydrogens is 658 g/mol. The van der Waals surface area contributed by atoms with Crippen molar-refractivity contribution in [2.75, 3.05) is 11.4 Å². The first-order valence-electron chi connectivity index (χ1n) is 10.7. The van der Waals surface area contributed by atoms with E-state index in [-0.39, 0.29) is 18.2 Å². The molecule has 34 heavy (non-hydrogen) atoms. The van der Waals surface area contributed by atoms with Crippen molar-refractivity contribution in [2.45, 2.75) is 20.5 Å². The van der Waals surface area contributed by atoms with Gasteiger partial charge in [-0.15, -0.1) is 0 Å². The van der Waals surface area contributed by atoms with Gasteiger partial charge in [-0.1, -0.05) is 44.2 Å². The van der Waals surface area contributed by atoms with E-state index < -0.39 is 4.92 Å². The molecule has 6 nitrogen and oxygen atoms in total. The molecule has 1 aliphatic rings. The fraction of sp³-hybridized carbons (Fsp3) is 0.192. The molecule has 1 amide bonds. The molecule has 0 spiro atoms. The molecule has 0 fully saturated rings. The third-order valence-corrected chi connectivity index (χ3v) is 6.95. The van der Waals surface area contributed by atoms with Crippen LogP contribution in [0.2, 0.25) is 0 Å². The predicted molar refractivity (Wildman–Crippen MR) is 151 cm³/mol. The fourth-order valence-corrected chi connectivity index (χ4v) is 6.00. The minimum Gasteiger partial charge on any atom is -0.487 e. The number of para-hydroxylation sites is 1. The maximum atomic E-state index is 13.3. The third kappa shape index (κ3) is 5.27. The molecule has 0 aliphatic carbocycles. The van der Waals surface area contributed by atoms with Gasteiger partial charge >= 0.3 is 0 Å². The van der Waals surface area contributed by atoms with Gasteiger partial charge in [0.15, 0.2) is 0 Å². The van der Waals surface area contributed by atoms with Crippen LogP contribution in [0.1, 0.15) is 30.5 Å². The number of nitro groups is 1. The number of anilines is 1. The second-order valence-corrected chi connectivity index (χ2v) is 10.7. The summed E-state index contributed by atoms with van der Waals surface area (Å²) in [6.07, 6.45) is 1.94. The Bertz CT molecular complexity index is 1280. The van der Waals surface area contributed by atoms with Crippen molar-refractivity contribution in [3.8, 4) is 5.75 Å². The number of carbonyl (C=O) groups is 1. The molecule has 3 aromatic carbocycles. The van der Waals surface area contributed by atoms with Gasteiger partial charge in [0.1, 0.15) is 12.4 Å². The van der Waals surface area contributed by atoms with Crippen molar-refractivity contribution in [3.63, 3.8) is 0 Å². The quantitative estimate of drug-likeness (QED) is 0.118.